The Bertz CT molecular complexity index is 1040. The Morgan fingerprint density at radius 1 is 1.10 bits per heavy atom. The molecule has 1 amide bonds. The molecule has 30 heavy (non-hydrogen) atoms. The van der Waals surface area contributed by atoms with Gasteiger partial charge in [0.2, 0.25) is 0 Å². The van der Waals surface area contributed by atoms with E-state index < -0.39 is 5.82 Å². The van der Waals surface area contributed by atoms with Crippen molar-refractivity contribution in [2.45, 2.75) is 12.5 Å². The normalized spacial score (nSPS) is 15.4. The molecule has 4 rings (SSSR count). The molecule has 1 aliphatic rings. The molecule has 0 bridgehead atoms. The van der Waals surface area contributed by atoms with Crippen molar-refractivity contribution in [3.05, 3.63) is 75.7 Å². The second-order valence-corrected chi connectivity index (χ2v) is 7.86. The lowest BCUT2D eigenvalue weighted by Gasteiger charge is -2.37. The SMILES string of the molecule is COc1cc2c(cc1OC)C(c1cccs1)N(C(=O)COc1ccccc1F)CC2. The number of methoxy groups -OCH3 is 2. The van der Waals surface area contributed by atoms with E-state index in [1.165, 1.54) is 12.1 Å². The number of ether oxygens (including phenoxy) is 3. The summed E-state index contributed by atoms with van der Waals surface area (Å²) in [7, 11) is 3.21. The van der Waals surface area contributed by atoms with Gasteiger partial charge in [-0.3, -0.25) is 4.79 Å². The zero-order valence-electron chi connectivity index (χ0n) is 16.8. The second-order valence-electron chi connectivity index (χ2n) is 6.88. The minimum Gasteiger partial charge on any atom is -0.493 e. The van der Waals surface area contributed by atoms with Crippen LogP contribution < -0.4 is 14.2 Å². The van der Waals surface area contributed by atoms with Gasteiger partial charge in [-0.2, -0.15) is 0 Å². The minimum absolute atomic E-state index is 0.0716. The fourth-order valence-corrected chi connectivity index (χ4v) is 4.61. The first-order valence-corrected chi connectivity index (χ1v) is 10.5. The van der Waals surface area contributed by atoms with Crippen molar-refractivity contribution in [1.29, 1.82) is 0 Å². The molecule has 0 N–H and O–H groups in total. The van der Waals surface area contributed by atoms with Crippen molar-refractivity contribution < 1.29 is 23.4 Å². The molecular formula is C23H22FNO4S. The largest absolute Gasteiger partial charge is 0.493 e. The predicted molar refractivity (Wildman–Crippen MR) is 113 cm³/mol. The van der Waals surface area contributed by atoms with Gasteiger partial charge >= 0.3 is 0 Å². The number of carbonyl (C=O) groups is 1. The van der Waals surface area contributed by atoms with E-state index in [2.05, 4.69) is 0 Å². The van der Waals surface area contributed by atoms with Crippen LogP contribution in [0.2, 0.25) is 0 Å². The van der Waals surface area contributed by atoms with Crippen molar-refractivity contribution in [2.75, 3.05) is 27.4 Å². The quantitative estimate of drug-likeness (QED) is 0.583. The monoisotopic (exact) mass is 427 g/mol. The number of para-hydroxylation sites is 1. The Balaban J connectivity index is 1.65. The van der Waals surface area contributed by atoms with Gasteiger partial charge in [0.25, 0.3) is 5.91 Å². The van der Waals surface area contributed by atoms with Crippen molar-refractivity contribution in [2.24, 2.45) is 0 Å². The molecule has 5 nitrogen and oxygen atoms in total. The molecule has 0 radical (unpaired) electrons. The van der Waals surface area contributed by atoms with E-state index in [-0.39, 0.29) is 24.3 Å². The average Bonchev–Trinajstić information content (AvgIpc) is 3.31. The summed E-state index contributed by atoms with van der Waals surface area (Å²) in [6.07, 6.45) is 0.684. The number of halogens is 1. The summed E-state index contributed by atoms with van der Waals surface area (Å²) in [5, 5.41) is 1.99. The molecule has 2 heterocycles. The summed E-state index contributed by atoms with van der Waals surface area (Å²) in [4.78, 5) is 15.9. The van der Waals surface area contributed by atoms with Crippen LogP contribution in [0.4, 0.5) is 4.39 Å². The number of fused-ring (bicyclic) bond motifs is 1. The summed E-state index contributed by atoms with van der Waals surface area (Å²) < 4.78 is 30.3. The third kappa shape index (κ3) is 3.85. The maximum absolute atomic E-state index is 13.9. The molecule has 156 valence electrons. The topological polar surface area (TPSA) is 48.0 Å². The zero-order valence-corrected chi connectivity index (χ0v) is 17.6. The molecule has 0 fully saturated rings. The molecule has 2 aromatic carbocycles. The van der Waals surface area contributed by atoms with Gasteiger partial charge in [0.1, 0.15) is 0 Å². The van der Waals surface area contributed by atoms with Gasteiger partial charge in [-0.15, -0.1) is 11.3 Å². The molecule has 0 spiro atoms. The van der Waals surface area contributed by atoms with E-state index in [9.17, 15) is 9.18 Å². The summed E-state index contributed by atoms with van der Waals surface area (Å²) in [5.74, 6) is 0.680. The number of hydrogen-bond donors (Lipinski definition) is 0. The van der Waals surface area contributed by atoms with Crippen molar-refractivity contribution in [3.63, 3.8) is 0 Å². The van der Waals surface area contributed by atoms with Crippen LogP contribution >= 0.6 is 11.3 Å². The van der Waals surface area contributed by atoms with Gasteiger partial charge in [0, 0.05) is 11.4 Å². The molecule has 0 aliphatic carbocycles. The first-order valence-electron chi connectivity index (χ1n) is 9.57. The predicted octanol–water partition coefficient (Wildman–Crippen LogP) is 4.46. The van der Waals surface area contributed by atoms with E-state index in [0.29, 0.717) is 24.5 Å². The number of hydrogen-bond acceptors (Lipinski definition) is 5. The van der Waals surface area contributed by atoms with Crippen LogP contribution in [0, 0.1) is 5.82 Å². The van der Waals surface area contributed by atoms with E-state index in [4.69, 9.17) is 14.2 Å². The number of benzene rings is 2. The lowest BCUT2D eigenvalue weighted by Crippen LogP contribution is -2.42. The van der Waals surface area contributed by atoms with Crippen LogP contribution in [0.25, 0.3) is 0 Å². The fraction of sp³-hybridized carbons (Fsp3) is 0.261. The molecule has 1 atom stereocenters. The highest BCUT2D eigenvalue weighted by Gasteiger charge is 2.34. The standard InChI is InChI=1S/C23H22FNO4S/c1-27-19-12-15-9-10-25(22(26)14-29-18-7-4-3-6-17(18)24)23(21-8-5-11-30-21)16(15)13-20(19)28-2/h3-8,11-13,23H,9-10,14H2,1-2H3. The van der Waals surface area contributed by atoms with Crippen LogP contribution in [0.3, 0.4) is 0 Å². The highest BCUT2D eigenvalue weighted by molar-refractivity contribution is 7.10. The molecule has 1 aromatic heterocycles. The molecule has 0 saturated carbocycles. The fourth-order valence-electron chi connectivity index (χ4n) is 3.75. The van der Waals surface area contributed by atoms with Crippen molar-refractivity contribution in [1.82, 2.24) is 4.90 Å². The maximum Gasteiger partial charge on any atom is 0.261 e. The van der Waals surface area contributed by atoms with Gasteiger partial charge in [0.05, 0.1) is 20.3 Å². The lowest BCUT2D eigenvalue weighted by molar-refractivity contribution is -0.135. The Hall–Kier alpha value is -3.06. The minimum atomic E-state index is -0.485. The summed E-state index contributed by atoms with van der Waals surface area (Å²) in [6.45, 7) is 0.302. The first kappa shape index (κ1) is 20.2. The average molecular weight is 427 g/mol. The summed E-state index contributed by atoms with van der Waals surface area (Å²) in [6, 6.07) is 13.7. The lowest BCUT2D eigenvalue weighted by atomic mass is 9.90. The van der Waals surface area contributed by atoms with E-state index in [1.54, 1.807) is 42.6 Å². The van der Waals surface area contributed by atoms with E-state index >= 15 is 0 Å². The van der Waals surface area contributed by atoms with Crippen molar-refractivity contribution in [3.8, 4) is 17.2 Å². The Morgan fingerprint density at radius 2 is 1.87 bits per heavy atom. The van der Waals surface area contributed by atoms with Crippen LogP contribution in [-0.2, 0) is 11.2 Å². The highest BCUT2D eigenvalue weighted by atomic mass is 32.1. The molecular weight excluding hydrogens is 405 g/mol. The summed E-state index contributed by atoms with van der Waals surface area (Å²) in [5.41, 5.74) is 2.12. The van der Waals surface area contributed by atoms with Gasteiger partial charge in [-0.05, 0) is 53.3 Å². The van der Waals surface area contributed by atoms with Gasteiger partial charge in [-0.1, -0.05) is 18.2 Å². The van der Waals surface area contributed by atoms with Crippen LogP contribution in [0.15, 0.2) is 53.9 Å². The molecule has 1 aliphatic heterocycles. The van der Waals surface area contributed by atoms with E-state index in [0.717, 1.165) is 16.0 Å². The smallest absolute Gasteiger partial charge is 0.261 e. The number of carbonyl (C=O) groups excluding carboxylic acids is 1. The molecule has 1 unspecified atom stereocenters. The Kier molecular flexibility index (Phi) is 5.90. The third-order valence-electron chi connectivity index (χ3n) is 5.19. The first-order chi connectivity index (χ1) is 14.6. The summed E-state index contributed by atoms with van der Waals surface area (Å²) >= 11 is 1.59. The van der Waals surface area contributed by atoms with E-state index in [1.807, 2.05) is 29.6 Å². The number of amides is 1. The third-order valence-corrected chi connectivity index (χ3v) is 6.12. The number of rotatable bonds is 6. The van der Waals surface area contributed by atoms with Crippen LogP contribution in [0.1, 0.15) is 22.0 Å². The van der Waals surface area contributed by atoms with Crippen LogP contribution in [0.5, 0.6) is 17.2 Å². The molecule has 3 aromatic rings. The number of thiophene rings is 1. The van der Waals surface area contributed by atoms with Gasteiger partial charge < -0.3 is 19.1 Å². The van der Waals surface area contributed by atoms with Gasteiger partial charge in [0.15, 0.2) is 29.7 Å². The number of nitrogens with zero attached hydrogens (tertiary/aromatic N) is 1. The van der Waals surface area contributed by atoms with Crippen LogP contribution in [-0.4, -0.2) is 38.2 Å². The highest BCUT2D eigenvalue weighted by Crippen LogP contribution is 2.42. The van der Waals surface area contributed by atoms with Crippen molar-refractivity contribution >= 4 is 17.2 Å². The molecule has 7 heteroatoms. The van der Waals surface area contributed by atoms with Gasteiger partial charge in [-0.25, -0.2) is 4.39 Å². The zero-order chi connectivity index (χ0) is 21.1. The molecule has 0 saturated heterocycles. The Labute approximate surface area is 178 Å². The Morgan fingerprint density at radius 3 is 2.57 bits per heavy atom. The second kappa shape index (κ2) is 8.75. The maximum atomic E-state index is 13.9.